The molecule has 2 heterocycles. The lowest BCUT2D eigenvalue weighted by atomic mass is 9.88. The van der Waals surface area contributed by atoms with Crippen molar-refractivity contribution in [3.8, 4) is 0 Å². The molecule has 0 unspecified atom stereocenters. The number of fused-ring (bicyclic) bond motifs is 2. The molecule has 5 heteroatoms. The molecular formula is C21H20N4O. The minimum Gasteiger partial charge on any atom is -0.315 e. The van der Waals surface area contributed by atoms with Crippen LogP contribution in [-0.4, -0.2) is 27.7 Å². The summed E-state index contributed by atoms with van der Waals surface area (Å²) in [4.78, 5) is 18.9. The molecule has 26 heavy (non-hydrogen) atoms. The van der Waals surface area contributed by atoms with Crippen LogP contribution >= 0.6 is 0 Å². The lowest BCUT2D eigenvalue weighted by Gasteiger charge is -2.31. The van der Waals surface area contributed by atoms with Gasteiger partial charge in [0.15, 0.2) is 0 Å². The van der Waals surface area contributed by atoms with Crippen molar-refractivity contribution < 1.29 is 4.79 Å². The zero-order valence-corrected chi connectivity index (χ0v) is 14.7. The van der Waals surface area contributed by atoms with Crippen LogP contribution in [0.25, 0.3) is 0 Å². The molecule has 5 nitrogen and oxygen atoms in total. The third-order valence-corrected chi connectivity index (χ3v) is 5.71. The van der Waals surface area contributed by atoms with E-state index >= 15 is 0 Å². The van der Waals surface area contributed by atoms with E-state index in [4.69, 9.17) is 0 Å². The summed E-state index contributed by atoms with van der Waals surface area (Å²) < 4.78 is 2.06. The van der Waals surface area contributed by atoms with E-state index in [1.165, 1.54) is 11.1 Å². The molecule has 1 atom stereocenters. The van der Waals surface area contributed by atoms with Crippen molar-refractivity contribution in [2.75, 3.05) is 11.9 Å². The number of nitrogens with zero attached hydrogens (tertiary/aromatic N) is 4. The van der Waals surface area contributed by atoms with Gasteiger partial charge in [-0.15, -0.1) is 0 Å². The van der Waals surface area contributed by atoms with Crippen molar-refractivity contribution >= 4 is 11.6 Å². The van der Waals surface area contributed by atoms with Gasteiger partial charge < -0.3 is 4.90 Å². The molecule has 1 amide bonds. The number of hydrogen-bond acceptors (Lipinski definition) is 3. The van der Waals surface area contributed by atoms with Gasteiger partial charge >= 0.3 is 0 Å². The molecule has 130 valence electrons. The van der Waals surface area contributed by atoms with Crippen molar-refractivity contribution in [3.05, 3.63) is 77.4 Å². The van der Waals surface area contributed by atoms with Crippen LogP contribution in [0.2, 0.25) is 0 Å². The Balaban J connectivity index is 1.55. The van der Waals surface area contributed by atoms with Gasteiger partial charge in [-0.25, -0.2) is 9.67 Å². The summed E-state index contributed by atoms with van der Waals surface area (Å²) in [5.74, 6) is 0.982. The molecule has 0 bridgehead atoms. The lowest BCUT2D eigenvalue weighted by Crippen LogP contribution is -2.34. The molecule has 1 aliphatic heterocycles. The minimum atomic E-state index is -0.0406. The minimum absolute atomic E-state index is 0.0406. The number of hydrogen-bond donors (Lipinski definition) is 0. The van der Waals surface area contributed by atoms with E-state index in [0.29, 0.717) is 6.42 Å². The summed E-state index contributed by atoms with van der Waals surface area (Å²) in [7, 11) is 1.84. The quantitative estimate of drug-likeness (QED) is 0.718. The molecule has 0 radical (unpaired) electrons. The van der Waals surface area contributed by atoms with Crippen LogP contribution in [0.3, 0.4) is 0 Å². The highest BCUT2D eigenvalue weighted by molar-refractivity contribution is 5.97. The predicted octanol–water partition coefficient (Wildman–Crippen LogP) is 3.12. The molecule has 2 aromatic carbocycles. The van der Waals surface area contributed by atoms with Crippen molar-refractivity contribution in [1.82, 2.24) is 14.8 Å². The smallest absolute Gasteiger partial charge is 0.227 e. The van der Waals surface area contributed by atoms with E-state index in [9.17, 15) is 4.79 Å². The molecule has 0 saturated carbocycles. The van der Waals surface area contributed by atoms with Crippen LogP contribution in [0.4, 0.5) is 5.69 Å². The number of aromatic nitrogens is 3. The molecule has 1 aliphatic carbocycles. The first-order chi connectivity index (χ1) is 12.7. The van der Waals surface area contributed by atoms with Gasteiger partial charge in [-0.2, -0.15) is 5.10 Å². The fraction of sp³-hybridized carbons (Fsp3) is 0.286. The summed E-state index contributed by atoms with van der Waals surface area (Å²) in [5.41, 5.74) is 4.90. The van der Waals surface area contributed by atoms with E-state index in [1.807, 2.05) is 25.2 Å². The third-order valence-electron chi connectivity index (χ3n) is 5.71. The molecule has 1 aromatic heterocycles. The first-order valence-corrected chi connectivity index (χ1v) is 9.04. The van der Waals surface area contributed by atoms with E-state index in [2.05, 4.69) is 45.1 Å². The monoisotopic (exact) mass is 344 g/mol. The number of benzene rings is 2. The Morgan fingerprint density at radius 3 is 2.42 bits per heavy atom. The first kappa shape index (κ1) is 15.3. The van der Waals surface area contributed by atoms with Crippen LogP contribution in [0.5, 0.6) is 0 Å². The molecule has 0 saturated heterocycles. The second kappa shape index (κ2) is 5.80. The maximum absolute atomic E-state index is 12.5. The number of para-hydroxylation sites is 1. The molecule has 0 fully saturated rings. The number of rotatable bonds is 2. The van der Waals surface area contributed by atoms with E-state index in [-0.39, 0.29) is 17.9 Å². The Bertz CT molecular complexity index is 968. The van der Waals surface area contributed by atoms with E-state index in [1.54, 1.807) is 11.2 Å². The standard InChI is InChI=1S/C21H20N4O/c1-24-19-9-5-4-8-17(19)18(12-20(24)26)21-22-13-23-25(21)16-10-14-6-2-3-7-15(14)11-16/h2-9,13,16,18H,10-12H2,1H3/t18-/m0/s1. The Kier molecular flexibility index (Phi) is 3.42. The lowest BCUT2D eigenvalue weighted by molar-refractivity contribution is -0.118. The molecule has 5 rings (SSSR count). The first-order valence-electron chi connectivity index (χ1n) is 9.04. The fourth-order valence-electron chi connectivity index (χ4n) is 4.37. The maximum Gasteiger partial charge on any atom is 0.227 e. The third kappa shape index (κ3) is 2.27. The summed E-state index contributed by atoms with van der Waals surface area (Å²) >= 11 is 0. The van der Waals surface area contributed by atoms with Crippen molar-refractivity contribution in [3.63, 3.8) is 0 Å². The van der Waals surface area contributed by atoms with Gasteiger partial charge in [-0.3, -0.25) is 4.79 Å². The number of carbonyl (C=O) groups is 1. The zero-order valence-electron chi connectivity index (χ0n) is 14.7. The maximum atomic E-state index is 12.5. The van der Waals surface area contributed by atoms with Crippen molar-refractivity contribution in [2.24, 2.45) is 0 Å². The van der Waals surface area contributed by atoms with Gasteiger partial charge in [-0.1, -0.05) is 42.5 Å². The molecular weight excluding hydrogens is 324 g/mol. The normalized spacial score (nSPS) is 19.5. The molecule has 2 aliphatic rings. The van der Waals surface area contributed by atoms with Gasteiger partial charge in [0.2, 0.25) is 5.91 Å². The van der Waals surface area contributed by atoms with Crippen LogP contribution < -0.4 is 4.90 Å². The summed E-state index contributed by atoms with van der Waals surface area (Å²) in [5, 5.41) is 4.55. The van der Waals surface area contributed by atoms with Crippen LogP contribution in [0.15, 0.2) is 54.9 Å². The van der Waals surface area contributed by atoms with Gasteiger partial charge in [-0.05, 0) is 35.6 Å². The SMILES string of the molecule is CN1C(=O)C[C@H](c2ncnn2C2Cc3ccccc3C2)c2ccccc21. The van der Waals surface area contributed by atoms with Crippen LogP contribution in [0, 0.1) is 0 Å². The second-order valence-corrected chi connectivity index (χ2v) is 7.16. The summed E-state index contributed by atoms with van der Waals surface area (Å²) in [6, 6.07) is 17.0. The average Bonchev–Trinajstić information content (AvgIpc) is 3.31. The summed E-state index contributed by atoms with van der Waals surface area (Å²) in [6.45, 7) is 0. The zero-order chi connectivity index (χ0) is 17.7. The highest BCUT2D eigenvalue weighted by Crippen LogP contribution is 2.40. The van der Waals surface area contributed by atoms with Gasteiger partial charge in [0, 0.05) is 19.2 Å². The molecule has 3 aromatic rings. The van der Waals surface area contributed by atoms with Crippen LogP contribution in [-0.2, 0) is 17.6 Å². The predicted molar refractivity (Wildman–Crippen MR) is 99.2 cm³/mol. The second-order valence-electron chi connectivity index (χ2n) is 7.16. The van der Waals surface area contributed by atoms with E-state index in [0.717, 1.165) is 29.9 Å². The highest BCUT2D eigenvalue weighted by atomic mass is 16.2. The largest absolute Gasteiger partial charge is 0.315 e. The Morgan fingerprint density at radius 2 is 1.65 bits per heavy atom. The Labute approximate surface area is 152 Å². The number of anilines is 1. The van der Waals surface area contributed by atoms with Crippen molar-refractivity contribution in [2.45, 2.75) is 31.2 Å². The Hall–Kier alpha value is -2.95. The number of amides is 1. The number of carbonyl (C=O) groups excluding carboxylic acids is 1. The molecule has 0 spiro atoms. The van der Waals surface area contributed by atoms with Gasteiger partial charge in [0.1, 0.15) is 12.2 Å². The summed E-state index contributed by atoms with van der Waals surface area (Å²) in [6.07, 6.45) is 4.00. The van der Waals surface area contributed by atoms with Crippen molar-refractivity contribution in [1.29, 1.82) is 0 Å². The Morgan fingerprint density at radius 1 is 0.962 bits per heavy atom. The fourth-order valence-corrected chi connectivity index (χ4v) is 4.37. The topological polar surface area (TPSA) is 51.0 Å². The highest BCUT2D eigenvalue weighted by Gasteiger charge is 2.35. The van der Waals surface area contributed by atoms with E-state index < -0.39 is 0 Å². The molecule has 0 N–H and O–H groups in total. The van der Waals surface area contributed by atoms with Gasteiger partial charge in [0.25, 0.3) is 0 Å². The average molecular weight is 344 g/mol. The van der Waals surface area contributed by atoms with Crippen LogP contribution in [0.1, 0.15) is 40.9 Å². The van der Waals surface area contributed by atoms with Gasteiger partial charge in [0.05, 0.1) is 12.0 Å².